The van der Waals surface area contributed by atoms with Gasteiger partial charge in [-0.15, -0.1) is 5.10 Å². The van der Waals surface area contributed by atoms with Gasteiger partial charge in [0, 0.05) is 24.8 Å². The van der Waals surface area contributed by atoms with Crippen LogP contribution in [0.2, 0.25) is 0 Å². The molecule has 3 N–H and O–H groups in total. The van der Waals surface area contributed by atoms with Crippen LogP contribution in [0.15, 0.2) is 23.6 Å². The van der Waals surface area contributed by atoms with Crippen molar-refractivity contribution in [2.45, 2.75) is 32.6 Å². The minimum atomic E-state index is -0.822. The second kappa shape index (κ2) is 10.1. The van der Waals surface area contributed by atoms with Crippen LogP contribution in [0.5, 0.6) is 17.4 Å². The molecular weight excluding hydrogens is 472 g/mol. The topological polar surface area (TPSA) is 179 Å². The van der Waals surface area contributed by atoms with Crippen LogP contribution >= 0.6 is 0 Å². The van der Waals surface area contributed by atoms with E-state index in [0.29, 0.717) is 43.1 Å². The Balaban J connectivity index is 1.87. The van der Waals surface area contributed by atoms with Crippen LogP contribution in [0.25, 0.3) is 0 Å². The number of aromatic nitrogens is 2. The van der Waals surface area contributed by atoms with E-state index in [1.165, 1.54) is 17.0 Å². The zero-order valence-corrected chi connectivity index (χ0v) is 20.1. The highest BCUT2D eigenvalue weighted by Crippen LogP contribution is 2.48. The molecule has 1 amide bonds. The minimum Gasteiger partial charge on any atom is -0.490 e. The van der Waals surface area contributed by atoms with E-state index in [1.54, 1.807) is 6.92 Å². The summed E-state index contributed by atoms with van der Waals surface area (Å²) in [6.45, 7) is 6.99. The summed E-state index contributed by atoms with van der Waals surface area (Å²) in [5.41, 5.74) is 7.18. The number of amides is 1. The van der Waals surface area contributed by atoms with Crippen LogP contribution in [0.4, 0.5) is 10.5 Å². The van der Waals surface area contributed by atoms with E-state index in [0.717, 1.165) is 0 Å². The van der Waals surface area contributed by atoms with E-state index >= 15 is 0 Å². The molecule has 190 valence electrons. The van der Waals surface area contributed by atoms with Gasteiger partial charge in [0.15, 0.2) is 5.75 Å². The van der Waals surface area contributed by atoms with Crippen LogP contribution < -0.4 is 19.9 Å². The average Bonchev–Trinajstić information content (AvgIpc) is 3.28. The fourth-order valence-electron chi connectivity index (χ4n) is 4.22. The molecule has 0 spiro atoms. The van der Waals surface area contributed by atoms with Crippen LogP contribution in [0.1, 0.15) is 49.4 Å². The quantitative estimate of drug-likeness (QED) is 0.444. The Bertz CT molecular complexity index is 1260. The number of nitro benzene ring substituents is 1. The van der Waals surface area contributed by atoms with Crippen LogP contribution in [0.3, 0.4) is 0 Å². The highest BCUT2D eigenvalue weighted by Gasteiger charge is 2.38. The van der Waals surface area contributed by atoms with Gasteiger partial charge < -0.3 is 29.6 Å². The van der Waals surface area contributed by atoms with Crippen molar-refractivity contribution in [3.05, 3.63) is 50.5 Å². The number of carbonyl (C=O) groups excluding carboxylic acids is 1. The van der Waals surface area contributed by atoms with Gasteiger partial charge in [0.2, 0.25) is 11.8 Å². The van der Waals surface area contributed by atoms with Gasteiger partial charge >= 0.3 is 11.8 Å². The van der Waals surface area contributed by atoms with Crippen molar-refractivity contribution in [2.75, 3.05) is 32.9 Å². The summed E-state index contributed by atoms with van der Waals surface area (Å²) in [6.07, 6.45) is -0.748. The molecule has 3 heterocycles. The number of morpholine rings is 1. The number of H-pyrrole nitrogens is 1. The first-order valence-electron chi connectivity index (χ1n) is 11.4. The second-order valence-electron chi connectivity index (χ2n) is 8.46. The predicted molar refractivity (Wildman–Crippen MR) is 125 cm³/mol. The number of carbonyl (C=O) groups is 1. The first-order chi connectivity index (χ1) is 17.3. The molecule has 1 aromatic heterocycles. The van der Waals surface area contributed by atoms with Gasteiger partial charge in [-0.2, -0.15) is 5.26 Å². The Morgan fingerprint density at radius 3 is 2.75 bits per heavy atom. The highest BCUT2D eigenvalue weighted by molar-refractivity contribution is 5.75. The van der Waals surface area contributed by atoms with Crippen molar-refractivity contribution in [2.24, 2.45) is 5.73 Å². The number of ether oxygens (including phenoxy) is 4. The Morgan fingerprint density at radius 2 is 2.14 bits per heavy atom. The molecule has 0 aliphatic carbocycles. The number of fused-ring (bicyclic) bond motifs is 1. The average molecular weight is 498 g/mol. The van der Waals surface area contributed by atoms with Gasteiger partial charge in [-0.3, -0.25) is 15.2 Å². The lowest BCUT2D eigenvalue weighted by atomic mass is 9.82. The third-order valence-electron chi connectivity index (χ3n) is 5.89. The molecule has 2 aliphatic rings. The number of benzene rings is 1. The molecular formula is C23H26N6O7. The number of hydrogen-bond acceptors (Lipinski definition) is 10. The zero-order chi connectivity index (χ0) is 26.0. The highest BCUT2D eigenvalue weighted by atomic mass is 16.6. The number of nitrogens with one attached hydrogen (secondary N) is 1. The number of nitriles is 1. The lowest BCUT2D eigenvalue weighted by molar-refractivity contribution is -0.385. The van der Waals surface area contributed by atoms with Crippen LogP contribution in [0, 0.1) is 21.4 Å². The van der Waals surface area contributed by atoms with E-state index in [4.69, 9.17) is 24.7 Å². The number of rotatable bonds is 6. The standard InChI is InChI=1S/C23H26N6O7/c1-4-34-16-10-13(9-15(29(31)32)20(16)35-23(30)28-5-7-33-8-6-28)17-14(11-24)21(25)36-22-18(17)19(12(2)3)26-27-22/h9-10,12,17H,4-8,25H2,1-3H3,(H,26,27). The molecule has 13 nitrogen and oxygen atoms in total. The normalized spacial score (nSPS) is 17.3. The summed E-state index contributed by atoms with van der Waals surface area (Å²) in [6, 6.07) is 4.83. The Morgan fingerprint density at radius 1 is 1.42 bits per heavy atom. The largest absolute Gasteiger partial charge is 0.490 e. The molecule has 0 bridgehead atoms. The van der Waals surface area contributed by atoms with E-state index in [1.807, 2.05) is 13.8 Å². The molecule has 1 aromatic carbocycles. The summed E-state index contributed by atoms with van der Waals surface area (Å²) in [5.74, 6) is -1.15. The maximum atomic E-state index is 12.7. The summed E-state index contributed by atoms with van der Waals surface area (Å²) in [7, 11) is 0. The number of nitrogens with zero attached hydrogens (tertiary/aromatic N) is 4. The molecule has 0 saturated carbocycles. The number of nitrogens with two attached hydrogens (primary N) is 1. The van der Waals surface area contributed by atoms with Crippen molar-refractivity contribution in [3.8, 4) is 23.4 Å². The van der Waals surface area contributed by atoms with Crippen LogP contribution in [-0.4, -0.2) is 59.0 Å². The second-order valence-corrected chi connectivity index (χ2v) is 8.46. The van der Waals surface area contributed by atoms with E-state index in [2.05, 4.69) is 16.3 Å². The minimum absolute atomic E-state index is 0.0122. The van der Waals surface area contributed by atoms with E-state index in [-0.39, 0.29) is 41.4 Å². The molecule has 1 saturated heterocycles. The summed E-state index contributed by atoms with van der Waals surface area (Å²) in [5, 5.41) is 29.1. The molecule has 2 aliphatic heterocycles. The number of aromatic amines is 1. The molecule has 36 heavy (non-hydrogen) atoms. The first-order valence-corrected chi connectivity index (χ1v) is 11.4. The van der Waals surface area contributed by atoms with Crippen molar-refractivity contribution in [3.63, 3.8) is 0 Å². The number of allylic oxidation sites excluding steroid dienone is 1. The predicted octanol–water partition coefficient (Wildman–Crippen LogP) is 2.89. The maximum absolute atomic E-state index is 12.7. The number of nitro groups is 1. The summed E-state index contributed by atoms with van der Waals surface area (Å²) < 4.78 is 22.0. The van der Waals surface area contributed by atoms with Crippen molar-refractivity contribution >= 4 is 11.8 Å². The molecule has 4 rings (SSSR count). The maximum Gasteiger partial charge on any atom is 0.415 e. The molecule has 1 atom stereocenters. The molecule has 2 aromatic rings. The van der Waals surface area contributed by atoms with Crippen molar-refractivity contribution < 1.29 is 28.7 Å². The third-order valence-corrected chi connectivity index (χ3v) is 5.89. The zero-order valence-electron chi connectivity index (χ0n) is 20.1. The van der Waals surface area contributed by atoms with Gasteiger partial charge in [0.05, 0.1) is 36.2 Å². The van der Waals surface area contributed by atoms with Gasteiger partial charge in [-0.05, 0) is 24.5 Å². The molecule has 1 fully saturated rings. The lowest BCUT2D eigenvalue weighted by Crippen LogP contribution is -2.42. The summed E-state index contributed by atoms with van der Waals surface area (Å²) >= 11 is 0. The van der Waals surface area contributed by atoms with Gasteiger partial charge in [0.25, 0.3) is 5.75 Å². The molecule has 0 radical (unpaired) electrons. The monoisotopic (exact) mass is 498 g/mol. The SMILES string of the molecule is CCOc1cc(C2C(C#N)=C(N)Oc3n[nH]c(C(C)C)c32)cc([N+](=O)[O-])c1OC(=O)N1CCOCC1. The van der Waals surface area contributed by atoms with Gasteiger partial charge in [0.1, 0.15) is 11.6 Å². The van der Waals surface area contributed by atoms with Crippen LogP contribution in [-0.2, 0) is 4.74 Å². The van der Waals surface area contributed by atoms with E-state index in [9.17, 15) is 20.2 Å². The van der Waals surface area contributed by atoms with Gasteiger partial charge in [-0.25, -0.2) is 4.79 Å². The van der Waals surface area contributed by atoms with Gasteiger partial charge in [-0.1, -0.05) is 13.8 Å². The molecule has 13 heteroatoms. The lowest BCUT2D eigenvalue weighted by Gasteiger charge is -2.27. The van der Waals surface area contributed by atoms with E-state index < -0.39 is 22.6 Å². The van der Waals surface area contributed by atoms with Crippen molar-refractivity contribution in [1.82, 2.24) is 15.1 Å². The van der Waals surface area contributed by atoms with Crippen molar-refractivity contribution in [1.29, 1.82) is 5.26 Å². The Hall–Kier alpha value is -4.31. The summed E-state index contributed by atoms with van der Waals surface area (Å²) in [4.78, 5) is 25.6. The number of hydrogen-bond donors (Lipinski definition) is 2. The fourth-order valence-corrected chi connectivity index (χ4v) is 4.22. The smallest absolute Gasteiger partial charge is 0.415 e. The first kappa shape index (κ1) is 24.8. The Kier molecular flexibility index (Phi) is 6.98. The Labute approximate surface area is 206 Å². The fraction of sp³-hybridized carbons (Fsp3) is 0.435. The molecule has 1 unspecified atom stereocenters. The third kappa shape index (κ3) is 4.50.